The fourth-order valence-electron chi connectivity index (χ4n) is 8.17. The van der Waals surface area contributed by atoms with Crippen LogP contribution >= 0.6 is 0 Å². The van der Waals surface area contributed by atoms with Crippen molar-refractivity contribution in [3.8, 4) is 0 Å². The zero-order valence-electron chi connectivity index (χ0n) is 19.8. The standard InChI is InChI=1S/C26H39FN2O3/c1-25-11-10-18(28-32-15-14-29-12-4-3-5-13-29)16-17(25)6-7-19-20-8-9-21(30)26(20,2)24(27)23(31)22(19)25/h17,19-20,22,24H,3-16H2,1-2H3/t17?,19?,20?,22?,24?,25-,26-/m0/s1. The van der Waals surface area contributed by atoms with Gasteiger partial charge in [-0.25, -0.2) is 4.39 Å². The highest BCUT2D eigenvalue weighted by molar-refractivity contribution is 5.98. The van der Waals surface area contributed by atoms with Crippen molar-refractivity contribution in [2.75, 3.05) is 26.2 Å². The summed E-state index contributed by atoms with van der Waals surface area (Å²) in [4.78, 5) is 34.1. The average molecular weight is 447 g/mol. The topological polar surface area (TPSA) is 59.0 Å². The number of Topliss-reactive ketones (excluding diaryl/α,β-unsaturated/α-hetero) is 2. The molecule has 1 saturated heterocycles. The Balaban J connectivity index is 1.25. The van der Waals surface area contributed by atoms with Crippen molar-refractivity contribution in [2.24, 2.45) is 39.7 Å². The molecule has 6 heteroatoms. The van der Waals surface area contributed by atoms with Crippen molar-refractivity contribution >= 4 is 17.3 Å². The van der Waals surface area contributed by atoms with Crippen LogP contribution in [0.1, 0.15) is 78.1 Å². The lowest BCUT2D eigenvalue weighted by Gasteiger charge is -2.59. The number of nitrogens with zero attached hydrogens (tertiary/aromatic N) is 2. The Labute approximate surface area is 191 Å². The normalized spacial score (nSPS) is 46.0. The molecular weight excluding hydrogens is 407 g/mol. The van der Waals surface area contributed by atoms with Gasteiger partial charge in [-0.05, 0) is 94.5 Å². The van der Waals surface area contributed by atoms with Gasteiger partial charge in [-0.2, -0.15) is 0 Å². The summed E-state index contributed by atoms with van der Waals surface area (Å²) in [5.41, 5.74) is -0.166. The van der Waals surface area contributed by atoms with Crippen molar-refractivity contribution < 1.29 is 18.8 Å². The maximum Gasteiger partial charge on any atom is 0.171 e. The Bertz CT molecular complexity index is 794. The van der Waals surface area contributed by atoms with E-state index in [1.54, 1.807) is 6.92 Å². The molecule has 0 aromatic carbocycles. The van der Waals surface area contributed by atoms with Crippen molar-refractivity contribution in [1.29, 1.82) is 0 Å². The van der Waals surface area contributed by atoms with Gasteiger partial charge < -0.3 is 4.84 Å². The zero-order chi connectivity index (χ0) is 22.5. The predicted molar refractivity (Wildman–Crippen MR) is 121 cm³/mol. The first-order valence-corrected chi connectivity index (χ1v) is 13.0. The van der Waals surface area contributed by atoms with Crippen LogP contribution in [0.5, 0.6) is 0 Å². The van der Waals surface area contributed by atoms with Gasteiger partial charge in [0.25, 0.3) is 0 Å². The molecule has 0 amide bonds. The summed E-state index contributed by atoms with van der Waals surface area (Å²) in [6.07, 6.45) is 7.97. The van der Waals surface area contributed by atoms with Gasteiger partial charge in [-0.1, -0.05) is 18.5 Å². The van der Waals surface area contributed by atoms with Gasteiger partial charge in [0.05, 0.1) is 11.1 Å². The number of likely N-dealkylation sites (tertiary alicyclic amines) is 1. The Kier molecular flexibility index (Phi) is 5.96. The zero-order valence-corrected chi connectivity index (χ0v) is 19.8. The van der Waals surface area contributed by atoms with E-state index in [9.17, 15) is 9.59 Å². The average Bonchev–Trinajstić information content (AvgIpc) is 3.11. The lowest BCUT2D eigenvalue weighted by atomic mass is 9.44. The Morgan fingerprint density at radius 1 is 1.09 bits per heavy atom. The molecule has 5 fully saturated rings. The second-order valence-corrected chi connectivity index (χ2v) is 11.6. The maximum atomic E-state index is 15.5. The smallest absolute Gasteiger partial charge is 0.171 e. The third-order valence-electron chi connectivity index (χ3n) is 10.1. The molecule has 0 radical (unpaired) electrons. The molecule has 178 valence electrons. The van der Waals surface area contributed by atoms with Crippen LogP contribution in [-0.4, -0.2) is 54.6 Å². The minimum Gasteiger partial charge on any atom is -0.394 e. The molecule has 1 heterocycles. The summed E-state index contributed by atoms with van der Waals surface area (Å²) in [7, 11) is 0. The van der Waals surface area contributed by atoms with Gasteiger partial charge >= 0.3 is 0 Å². The molecule has 5 aliphatic rings. The van der Waals surface area contributed by atoms with Crippen LogP contribution in [0, 0.1) is 34.5 Å². The monoisotopic (exact) mass is 446 g/mol. The molecular formula is C26H39FN2O3. The number of hydrogen-bond donors (Lipinski definition) is 0. The van der Waals surface area contributed by atoms with Gasteiger partial charge in [0, 0.05) is 18.9 Å². The van der Waals surface area contributed by atoms with E-state index in [1.165, 1.54) is 19.3 Å². The molecule has 0 spiro atoms. The number of piperidine rings is 1. The number of oxime groups is 1. The Hall–Kier alpha value is -1.30. The van der Waals surface area contributed by atoms with Gasteiger partial charge in [-0.3, -0.25) is 14.5 Å². The lowest BCUT2D eigenvalue weighted by Crippen LogP contribution is -2.62. The highest BCUT2D eigenvalue weighted by atomic mass is 19.1. The second-order valence-electron chi connectivity index (χ2n) is 11.6. The van der Waals surface area contributed by atoms with E-state index < -0.39 is 11.6 Å². The predicted octanol–water partition coefficient (Wildman–Crippen LogP) is 4.58. The van der Waals surface area contributed by atoms with Gasteiger partial charge in [0.2, 0.25) is 0 Å². The highest BCUT2D eigenvalue weighted by Gasteiger charge is 2.67. The van der Waals surface area contributed by atoms with Crippen LogP contribution in [0.4, 0.5) is 4.39 Å². The fourth-order valence-corrected chi connectivity index (χ4v) is 8.17. The summed E-state index contributed by atoms with van der Waals surface area (Å²) in [6, 6.07) is 0. The minimum atomic E-state index is -1.63. The third-order valence-corrected chi connectivity index (χ3v) is 10.1. The molecule has 5 nitrogen and oxygen atoms in total. The van der Waals surface area contributed by atoms with Crippen LogP contribution in [0.25, 0.3) is 0 Å². The van der Waals surface area contributed by atoms with Crippen LogP contribution in [-0.2, 0) is 14.4 Å². The molecule has 7 atom stereocenters. The second kappa shape index (κ2) is 8.48. The van der Waals surface area contributed by atoms with Crippen LogP contribution in [0.3, 0.4) is 0 Å². The molecule has 4 saturated carbocycles. The number of halogens is 1. The van der Waals surface area contributed by atoms with Crippen molar-refractivity contribution in [1.82, 2.24) is 4.90 Å². The van der Waals surface area contributed by atoms with E-state index >= 15 is 4.39 Å². The SMILES string of the molecule is C[C@]12CCC(=NOCCN3CCCCC3)CC1CCC1C2C(=O)C(F)[C@]2(C)C(=O)CCC12. The molecule has 0 aromatic rings. The maximum absolute atomic E-state index is 15.5. The molecule has 5 unspecified atom stereocenters. The summed E-state index contributed by atoms with van der Waals surface area (Å²) in [5.74, 6) is -0.0327. The first-order valence-electron chi connectivity index (χ1n) is 13.0. The van der Waals surface area contributed by atoms with Crippen molar-refractivity contribution in [3.63, 3.8) is 0 Å². The van der Waals surface area contributed by atoms with Gasteiger partial charge in [-0.15, -0.1) is 0 Å². The number of ketones is 2. The summed E-state index contributed by atoms with van der Waals surface area (Å²) in [5, 5.41) is 4.49. The van der Waals surface area contributed by atoms with Crippen LogP contribution < -0.4 is 0 Å². The number of alkyl halides is 1. The Morgan fingerprint density at radius 3 is 2.66 bits per heavy atom. The number of carbonyl (C=O) groups is 2. The van der Waals surface area contributed by atoms with Crippen molar-refractivity contribution in [2.45, 2.75) is 84.2 Å². The van der Waals surface area contributed by atoms with Gasteiger partial charge in [0.1, 0.15) is 12.4 Å². The lowest BCUT2D eigenvalue weighted by molar-refractivity contribution is -0.169. The first-order chi connectivity index (χ1) is 15.4. The first kappa shape index (κ1) is 22.5. The highest BCUT2D eigenvalue weighted by Crippen LogP contribution is 2.64. The van der Waals surface area contributed by atoms with Crippen molar-refractivity contribution in [3.05, 3.63) is 0 Å². The molecule has 0 bridgehead atoms. The fraction of sp³-hybridized carbons (Fsp3) is 0.885. The Morgan fingerprint density at radius 2 is 1.88 bits per heavy atom. The molecule has 5 rings (SSSR count). The number of hydrogen-bond acceptors (Lipinski definition) is 5. The van der Waals surface area contributed by atoms with E-state index in [1.807, 2.05) is 0 Å². The van der Waals surface area contributed by atoms with E-state index in [4.69, 9.17) is 4.84 Å². The minimum absolute atomic E-state index is 0.0265. The number of fused-ring (bicyclic) bond motifs is 5. The molecule has 0 N–H and O–H groups in total. The van der Waals surface area contributed by atoms with E-state index in [0.29, 0.717) is 18.9 Å². The quantitative estimate of drug-likeness (QED) is 0.468. The van der Waals surface area contributed by atoms with Crippen LogP contribution in [0.15, 0.2) is 5.16 Å². The third kappa shape index (κ3) is 3.47. The van der Waals surface area contributed by atoms with E-state index in [2.05, 4.69) is 17.0 Å². The molecule has 32 heavy (non-hydrogen) atoms. The van der Waals surface area contributed by atoms with Gasteiger partial charge in [0.15, 0.2) is 12.0 Å². The largest absolute Gasteiger partial charge is 0.394 e. The molecule has 4 aliphatic carbocycles. The number of rotatable bonds is 4. The summed E-state index contributed by atoms with van der Waals surface area (Å²) < 4.78 is 15.5. The van der Waals surface area contributed by atoms with E-state index in [-0.39, 0.29) is 34.7 Å². The van der Waals surface area contributed by atoms with E-state index in [0.717, 1.165) is 63.9 Å². The van der Waals surface area contributed by atoms with Crippen LogP contribution in [0.2, 0.25) is 0 Å². The molecule has 0 aromatic heterocycles. The molecule has 1 aliphatic heterocycles. The number of carbonyl (C=O) groups excluding carboxylic acids is 2. The summed E-state index contributed by atoms with van der Waals surface area (Å²) in [6.45, 7) is 7.84. The summed E-state index contributed by atoms with van der Waals surface area (Å²) >= 11 is 0.